The maximum atomic E-state index is 12.2. The number of nitrogens with one attached hydrogen (secondary N) is 1. The van der Waals surface area contributed by atoms with Gasteiger partial charge in [-0.2, -0.15) is 0 Å². The Bertz CT molecular complexity index is 1020. The normalized spacial score (nSPS) is 10.7. The van der Waals surface area contributed by atoms with Crippen LogP contribution in [0.25, 0.3) is 11.0 Å². The first-order valence-electron chi connectivity index (χ1n) is 6.76. The molecule has 0 fully saturated rings. The summed E-state index contributed by atoms with van der Waals surface area (Å²) >= 11 is 5.85. The molecule has 0 saturated carbocycles. The monoisotopic (exact) mass is 344 g/mol. The van der Waals surface area contributed by atoms with Crippen LogP contribution in [-0.4, -0.2) is 25.7 Å². The number of Topliss-reactive ketones (excluding diaryl/α,β-unsaturated/α-hetero) is 1. The second-order valence-electron chi connectivity index (χ2n) is 4.92. The van der Waals surface area contributed by atoms with Crippen molar-refractivity contribution in [1.82, 2.24) is 15.0 Å². The average Bonchev–Trinajstić information content (AvgIpc) is 2.56. The predicted molar refractivity (Wildman–Crippen MR) is 86.3 cm³/mol. The van der Waals surface area contributed by atoms with Crippen LogP contribution in [0.5, 0.6) is 0 Å². The van der Waals surface area contributed by atoms with Crippen LogP contribution in [-0.2, 0) is 6.42 Å². The number of rotatable bonds is 4. The molecule has 2 heterocycles. The molecule has 24 heavy (non-hydrogen) atoms. The lowest BCUT2D eigenvalue weighted by atomic mass is 10.1. The number of hydrogen-bond acceptors (Lipinski definition) is 6. The molecular formula is C15H9ClN4O4. The average molecular weight is 345 g/mol. The van der Waals surface area contributed by atoms with E-state index in [2.05, 4.69) is 15.0 Å². The van der Waals surface area contributed by atoms with E-state index in [0.717, 1.165) is 6.07 Å². The van der Waals surface area contributed by atoms with Crippen LogP contribution in [0.1, 0.15) is 16.1 Å². The summed E-state index contributed by atoms with van der Waals surface area (Å²) in [5.74, 6) is -0.314. The largest absolute Gasteiger partial charge is 0.313 e. The molecule has 0 spiro atoms. The van der Waals surface area contributed by atoms with E-state index in [0.29, 0.717) is 5.56 Å². The maximum Gasteiger partial charge on any atom is 0.296 e. The van der Waals surface area contributed by atoms with Gasteiger partial charge in [0.15, 0.2) is 5.78 Å². The van der Waals surface area contributed by atoms with Crippen molar-refractivity contribution < 1.29 is 9.72 Å². The summed E-state index contributed by atoms with van der Waals surface area (Å²) in [5.41, 5.74) is -0.547. The molecule has 3 aromatic rings. The third-order valence-electron chi connectivity index (χ3n) is 3.34. The number of aromatic amines is 1. The number of carbonyl (C=O) groups is 1. The first-order valence-corrected chi connectivity index (χ1v) is 7.13. The van der Waals surface area contributed by atoms with E-state index >= 15 is 0 Å². The van der Waals surface area contributed by atoms with E-state index in [1.165, 1.54) is 30.6 Å². The number of nitrogens with zero attached hydrogens (tertiary/aromatic N) is 3. The molecular weight excluding hydrogens is 336 g/mol. The zero-order chi connectivity index (χ0) is 17.3. The highest BCUT2D eigenvalue weighted by molar-refractivity contribution is 6.31. The molecule has 1 N–H and O–H groups in total. The number of aromatic nitrogens is 3. The molecule has 120 valence electrons. The number of nitro groups is 1. The van der Waals surface area contributed by atoms with Crippen molar-refractivity contribution in [3.05, 3.63) is 73.4 Å². The fourth-order valence-corrected chi connectivity index (χ4v) is 2.44. The number of fused-ring (bicyclic) bond motifs is 1. The number of ketones is 1. The van der Waals surface area contributed by atoms with Crippen molar-refractivity contribution in [3.8, 4) is 0 Å². The lowest BCUT2D eigenvalue weighted by molar-refractivity contribution is -0.383. The van der Waals surface area contributed by atoms with Gasteiger partial charge in [-0.05, 0) is 18.2 Å². The molecule has 0 bridgehead atoms. The highest BCUT2D eigenvalue weighted by atomic mass is 35.5. The highest BCUT2D eigenvalue weighted by Gasteiger charge is 2.18. The summed E-state index contributed by atoms with van der Waals surface area (Å²) < 4.78 is 0. The second-order valence-corrected chi connectivity index (χ2v) is 5.36. The molecule has 8 nitrogen and oxygen atoms in total. The number of nitro benzene ring substituents is 1. The van der Waals surface area contributed by atoms with Crippen molar-refractivity contribution in [3.63, 3.8) is 0 Å². The van der Waals surface area contributed by atoms with E-state index in [4.69, 9.17) is 11.6 Å². The first kappa shape index (κ1) is 15.8. The predicted octanol–water partition coefficient (Wildman–Crippen LogP) is 2.31. The molecule has 0 atom stereocenters. The van der Waals surface area contributed by atoms with Crippen molar-refractivity contribution >= 4 is 34.1 Å². The molecule has 0 unspecified atom stereocenters. The van der Waals surface area contributed by atoms with Gasteiger partial charge in [0.05, 0.1) is 16.9 Å². The van der Waals surface area contributed by atoms with Gasteiger partial charge >= 0.3 is 0 Å². The summed E-state index contributed by atoms with van der Waals surface area (Å²) in [7, 11) is 0. The molecule has 0 saturated heterocycles. The number of halogens is 1. The fraction of sp³-hybridized carbons (Fsp3) is 0.0667. The van der Waals surface area contributed by atoms with Crippen molar-refractivity contribution in [2.45, 2.75) is 6.42 Å². The molecule has 0 aliphatic carbocycles. The van der Waals surface area contributed by atoms with Crippen molar-refractivity contribution in [2.75, 3.05) is 0 Å². The van der Waals surface area contributed by atoms with Gasteiger partial charge in [0.25, 0.3) is 11.2 Å². The van der Waals surface area contributed by atoms with E-state index in [-0.39, 0.29) is 39.6 Å². The smallest absolute Gasteiger partial charge is 0.296 e. The minimum Gasteiger partial charge on any atom is -0.313 e. The third-order valence-corrected chi connectivity index (χ3v) is 3.56. The van der Waals surface area contributed by atoms with Crippen LogP contribution in [0.3, 0.4) is 0 Å². The standard InChI is InChI=1S/C15H9ClN4O4/c16-9-5-10-14(12(6-9)20(23)24)19-15(22)11(18-10)7-13(21)8-1-3-17-4-2-8/h1-6H,7H2,(H,19,22). The molecule has 0 aliphatic rings. The maximum absolute atomic E-state index is 12.2. The zero-order valence-electron chi connectivity index (χ0n) is 12.0. The van der Waals surface area contributed by atoms with E-state index < -0.39 is 10.5 Å². The van der Waals surface area contributed by atoms with Gasteiger partial charge < -0.3 is 4.98 Å². The van der Waals surface area contributed by atoms with Gasteiger partial charge in [-0.25, -0.2) is 4.98 Å². The lowest BCUT2D eigenvalue weighted by Crippen LogP contribution is -2.19. The Kier molecular flexibility index (Phi) is 4.05. The van der Waals surface area contributed by atoms with Gasteiger partial charge in [0.1, 0.15) is 11.2 Å². The van der Waals surface area contributed by atoms with Crippen molar-refractivity contribution in [1.29, 1.82) is 0 Å². The van der Waals surface area contributed by atoms with Crippen LogP contribution in [0.2, 0.25) is 5.02 Å². The minimum atomic E-state index is -0.659. The topological polar surface area (TPSA) is 119 Å². The van der Waals surface area contributed by atoms with Crippen LogP contribution in [0, 0.1) is 10.1 Å². The van der Waals surface area contributed by atoms with Crippen LogP contribution in [0.15, 0.2) is 41.5 Å². The number of benzene rings is 1. The Morgan fingerprint density at radius 3 is 2.67 bits per heavy atom. The fourth-order valence-electron chi connectivity index (χ4n) is 2.23. The SMILES string of the molecule is O=C(Cc1nc2cc(Cl)cc([N+](=O)[O-])c2[nH]c1=O)c1ccncc1. The van der Waals surface area contributed by atoms with Crippen LogP contribution >= 0.6 is 11.6 Å². The molecule has 0 aliphatic heterocycles. The number of H-pyrrole nitrogens is 1. The molecule has 3 rings (SSSR count). The quantitative estimate of drug-likeness (QED) is 0.440. The van der Waals surface area contributed by atoms with E-state index in [1.807, 2.05) is 0 Å². The number of hydrogen-bond donors (Lipinski definition) is 1. The minimum absolute atomic E-state index is 0.0329. The zero-order valence-corrected chi connectivity index (χ0v) is 12.8. The lowest BCUT2D eigenvalue weighted by Gasteiger charge is -2.04. The number of non-ortho nitro benzene ring substituents is 1. The van der Waals surface area contributed by atoms with Gasteiger partial charge in [-0.15, -0.1) is 0 Å². The summed E-state index contributed by atoms with van der Waals surface area (Å²) in [6, 6.07) is 5.57. The number of carbonyl (C=O) groups excluding carboxylic acids is 1. The summed E-state index contributed by atoms with van der Waals surface area (Å²) in [6.07, 6.45) is 2.69. The Balaban J connectivity index is 2.07. The van der Waals surface area contributed by atoms with Gasteiger partial charge in [-0.3, -0.25) is 24.7 Å². The van der Waals surface area contributed by atoms with E-state index in [9.17, 15) is 19.7 Å². The molecule has 2 aromatic heterocycles. The second kappa shape index (κ2) is 6.17. The molecule has 0 amide bonds. The van der Waals surface area contributed by atoms with Gasteiger partial charge in [0.2, 0.25) is 0 Å². The highest BCUT2D eigenvalue weighted by Crippen LogP contribution is 2.26. The van der Waals surface area contributed by atoms with Crippen molar-refractivity contribution in [2.24, 2.45) is 0 Å². The Morgan fingerprint density at radius 1 is 1.29 bits per heavy atom. The summed E-state index contributed by atoms with van der Waals surface area (Å²) in [5, 5.41) is 11.2. The Labute approximate surface area is 139 Å². The molecule has 0 radical (unpaired) electrons. The molecule has 1 aromatic carbocycles. The van der Waals surface area contributed by atoms with E-state index in [1.54, 1.807) is 0 Å². The van der Waals surface area contributed by atoms with Crippen LogP contribution in [0.4, 0.5) is 5.69 Å². The van der Waals surface area contributed by atoms with Gasteiger partial charge in [-0.1, -0.05) is 11.6 Å². The summed E-state index contributed by atoms with van der Waals surface area (Å²) in [4.78, 5) is 45.0. The third kappa shape index (κ3) is 2.99. The van der Waals surface area contributed by atoms with Crippen LogP contribution < -0.4 is 5.56 Å². The van der Waals surface area contributed by atoms with Gasteiger partial charge in [0, 0.05) is 29.0 Å². The molecule has 9 heteroatoms. The summed E-state index contributed by atoms with van der Waals surface area (Å²) in [6.45, 7) is 0. The Hall–Kier alpha value is -3.13. The number of pyridine rings is 1. The Morgan fingerprint density at radius 2 is 2.00 bits per heavy atom. The first-order chi connectivity index (χ1) is 11.5.